The third-order valence-corrected chi connectivity index (χ3v) is 13.8. The van der Waals surface area contributed by atoms with Gasteiger partial charge in [-0.1, -0.05) is 142 Å². The van der Waals surface area contributed by atoms with Crippen molar-refractivity contribution < 1.29 is 30.0 Å². The quantitative estimate of drug-likeness (QED) is 0.0694. The molecule has 0 amide bonds. The molecule has 0 aliphatic heterocycles. The Balaban J connectivity index is 0.000000317. The number of aryl methyl sites for hydroxylation is 1. The normalized spacial score (nSPS) is 12.9. The average Bonchev–Trinajstić information content (AvgIpc) is 3.39. The molecule has 52 heavy (non-hydrogen) atoms. The summed E-state index contributed by atoms with van der Waals surface area (Å²) in [5.74, 6) is 1.63. The zero-order chi connectivity index (χ0) is 38.2. The summed E-state index contributed by atoms with van der Waals surface area (Å²) in [5.41, 5.74) is 4.98. The van der Waals surface area contributed by atoms with Gasteiger partial charge in [0.05, 0.1) is 13.8 Å². The number of benzene rings is 3. The van der Waals surface area contributed by atoms with Crippen molar-refractivity contribution in [3.8, 4) is 11.3 Å². The number of thiophene rings is 1. The molecule has 5 rings (SSSR count). The van der Waals surface area contributed by atoms with Crippen LogP contribution in [-0.2, 0) is 30.3 Å². The first-order valence-corrected chi connectivity index (χ1v) is 23.2. The molecule has 3 nitrogen and oxygen atoms in total. The van der Waals surface area contributed by atoms with Crippen LogP contribution in [0.1, 0.15) is 87.3 Å². The van der Waals surface area contributed by atoms with Crippen LogP contribution < -0.4 is 5.19 Å². The second-order valence-electron chi connectivity index (χ2n) is 17.9. The summed E-state index contributed by atoms with van der Waals surface area (Å²) in [6.45, 7) is 33.0. The van der Waals surface area contributed by atoms with Crippen LogP contribution >= 0.6 is 11.3 Å². The number of carbonyl (C=O) groups excluding carboxylic acids is 1. The first-order valence-electron chi connectivity index (χ1n) is 18.9. The zero-order valence-electron chi connectivity index (χ0n) is 34.3. The summed E-state index contributed by atoms with van der Waals surface area (Å²) in [6, 6.07) is 21.5. The molecule has 0 saturated carbocycles. The molecule has 0 fully saturated rings. The van der Waals surface area contributed by atoms with Crippen LogP contribution in [0.25, 0.3) is 42.2 Å². The van der Waals surface area contributed by atoms with Gasteiger partial charge < -0.3 is 5.11 Å². The van der Waals surface area contributed by atoms with Crippen LogP contribution in [0, 0.1) is 48.5 Å². The molecule has 0 spiro atoms. The summed E-state index contributed by atoms with van der Waals surface area (Å²) in [4.78, 5) is 17.2. The fraction of sp³-hybridized carbons (Fsp3) is 0.478. The third kappa shape index (κ3) is 9.53. The van der Waals surface area contributed by atoms with Crippen molar-refractivity contribution in [2.45, 2.75) is 108 Å². The molecule has 6 heteroatoms. The van der Waals surface area contributed by atoms with Crippen molar-refractivity contribution >= 4 is 61.3 Å². The van der Waals surface area contributed by atoms with E-state index in [2.05, 4.69) is 157 Å². The Hall–Kier alpha value is -2.63. The molecular formula is C46H62IrNO2SSi-. The van der Waals surface area contributed by atoms with Crippen molar-refractivity contribution in [2.24, 2.45) is 35.5 Å². The number of hydrogen-bond acceptors (Lipinski definition) is 4. The summed E-state index contributed by atoms with van der Waals surface area (Å²) in [5, 5.41) is 16.9. The Kier molecular flexibility index (Phi) is 14.5. The number of rotatable bonds is 9. The van der Waals surface area contributed by atoms with Gasteiger partial charge in [0.1, 0.15) is 0 Å². The van der Waals surface area contributed by atoms with Crippen molar-refractivity contribution in [3.05, 3.63) is 83.8 Å². The molecule has 3 aromatic carbocycles. The molecule has 0 aliphatic carbocycles. The molecule has 2 heterocycles. The zero-order valence-corrected chi connectivity index (χ0v) is 38.5. The summed E-state index contributed by atoms with van der Waals surface area (Å²) in [7, 11) is -1.40. The number of aliphatic hydroxyl groups excluding tert-OH is 1. The van der Waals surface area contributed by atoms with Gasteiger partial charge in [0.25, 0.3) is 0 Å². The van der Waals surface area contributed by atoms with Crippen LogP contribution in [0.2, 0.25) is 19.6 Å². The van der Waals surface area contributed by atoms with Gasteiger partial charge in [-0.2, -0.15) is 0 Å². The summed E-state index contributed by atoms with van der Waals surface area (Å²) < 4.78 is 2.68. The number of fused-ring (bicyclic) bond motifs is 4. The number of aromatic nitrogens is 1. The topological polar surface area (TPSA) is 50.2 Å². The summed E-state index contributed by atoms with van der Waals surface area (Å²) >= 11 is 1.90. The minimum atomic E-state index is -1.40. The second-order valence-corrected chi connectivity index (χ2v) is 24.0. The van der Waals surface area contributed by atoms with E-state index in [4.69, 9.17) is 4.98 Å². The van der Waals surface area contributed by atoms with Crippen molar-refractivity contribution in [1.82, 2.24) is 4.98 Å². The molecule has 5 aromatic rings. The van der Waals surface area contributed by atoms with E-state index in [1.54, 1.807) is 5.19 Å². The van der Waals surface area contributed by atoms with Gasteiger partial charge in [-0.25, -0.2) is 0 Å². The van der Waals surface area contributed by atoms with Gasteiger partial charge in [0.15, 0.2) is 5.78 Å². The van der Waals surface area contributed by atoms with E-state index in [1.807, 2.05) is 17.5 Å². The molecule has 1 radical (unpaired) electrons. The Morgan fingerprint density at radius 1 is 0.808 bits per heavy atom. The van der Waals surface area contributed by atoms with E-state index in [9.17, 15) is 9.90 Å². The number of ketones is 1. The molecule has 0 bridgehead atoms. The summed E-state index contributed by atoms with van der Waals surface area (Å²) in [6.07, 6.45) is 3.45. The molecule has 2 aromatic heterocycles. The minimum Gasteiger partial charge on any atom is -0.512 e. The molecule has 0 atom stereocenters. The fourth-order valence-electron chi connectivity index (χ4n) is 8.10. The first-order chi connectivity index (χ1) is 23.6. The molecule has 0 unspecified atom stereocenters. The Morgan fingerprint density at radius 2 is 1.37 bits per heavy atom. The fourth-order valence-corrected chi connectivity index (χ4v) is 11.3. The Bertz CT molecular complexity index is 2030. The smallest absolute Gasteiger partial charge is 0.162 e. The maximum atomic E-state index is 12.3. The van der Waals surface area contributed by atoms with Crippen LogP contribution in [-0.4, -0.2) is 23.9 Å². The van der Waals surface area contributed by atoms with Crippen molar-refractivity contribution in [1.29, 1.82) is 0 Å². The SMILES string of the molecule is CC(C)C(C(=O)/C=C(\O)C(C(C)C)C(C)C)C(C)C.Cc1c([Si](C)(C)C)ccc2c1sc1c(-c3[c-]c4ccccc4c(C(C)(C)C)c3)nccc12.[Ir]. The number of hydrogen-bond donors (Lipinski definition) is 1. The standard InChI is InChI=1S/C29H30NSSi.C17H32O2.Ir/c1-18-25(32(5,6)7)13-12-22-23-14-15-30-26(28(23)31-27(18)22)20-16-19-10-8-9-11-21(19)24(17-20)29(2,3)4;1-10(2)16(11(3)4)14(18)9-15(19)17(12(5)6)13(7)8;/h8-15,17H,1-7H3;9-13,16-18H,1-8H3;/q-1;;/b;14-9-;. The Labute approximate surface area is 333 Å². The van der Waals surface area contributed by atoms with Crippen LogP contribution in [0.15, 0.2) is 66.6 Å². The van der Waals surface area contributed by atoms with Crippen molar-refractivity contribution in [2.75, 3.05) is 0 Å². The van der Waals surface area contributed by atoms with Crippen LogP contribution in [0.3, 0.4) is 0 Å². The number of carbonyl (C=O) groups is 1. The van der Waals surface area contributed by atoms with Gasteiger partial charge in [0.2, 0.25) is 0 Å². The van der Waals surface area contributed by atoms with E-state index in [0.717, 1.165) is 16.6 Å². The monoisotopic (exact) mass is 913 g/mol. The number of pyridine rings is 1. The Morgan fingerprint density at radius 3 is 1.90 bits per heavy atom. The van der Waals surface area contributed by atoms with E-state index in [-0.39, 0.29) is 48.9 Å². The average molecular weight is 913 g/mol. The maximum absolute atomic E-state index is 12.3. The number of nitrogens with zero attached hydrogens (tertiary/aromatic N) is 1. The molecule has 283 valence electrons. The van der Waals surface area contributed by atoms with Gasteiger partial charge >= 0.3 is 0 Å². The predicted octanol–water partition coefficient (Wildman–Crippen LogP) is 13.1. The number of allylic oxidation sites excluding steroid dienone is 2. The minimum absolute atomic E-state index is 0. The van der Waals surface area contributed by atoms with Gasteiger partial charge in [-0.3, -0.25) is 9.78 Å². The molecule has 0 aliphatic rings. The predicted molar refractivity (Wildman–Crippen MR) is 227 cm³/mol. The second kappa shape index (κ2) is 17.2. The van der Waals surface area contributed by atoms with Gasteiger partial charge in [-0.05, 0) is 53.0 Å². The third-order valence-electron chi connectivity index (χ3n) is 10.3. The molecule has 0 saturated heterocycles. The molecular weight excluding hydrogens is 851 g/mol. The number of aliphatic hydroxyl groups is 1. The first kappa shape index (κ1) is 43.8. The van der Waals surface area contributed by atoms with E-state index >= 15 is 0 Å². The maximum Gasteiger partial charge on any atom is 0.162 e. The van der Waals surface area contributed by atoms with E-state index < -0.39 is 8.07 Å². The van der Waals surface area contributed by atoms with E-state index in [1.165, 1.54) is 42.8 Å². The molecule has 1 N–H and O–H groups in total. The van der Waals surface area contributed by atoms with Crippen molar-refractivity contribution in [3.63, 3.8) is 0 Å². The van der Waals surface area contributed by atoms with Crippen LogP contribution in [0.4, 0.5) is 0 Å². The largest absolute Gasteiger partial charge is 0.512 e. The van der Waals surface area contributed by atoms with Gasteiger partial charge in [-0.15, -0.1) is 40.5 Å². The van der Waals surface area contributed by atoms with Gasteiger partial charge in [0, 0.05) is 64.7 Å². The van der Waals surface area contributed by atoms with Crippen LogP contribution in [0.5, 0.6) is 0 Å². The van der Waals surface area contributed by atoms with E-state index in [0.29, 0.717) is 23.7 Å².